The van der Waals surface area contributed by atoms with Gasteiger partial charge in [-0.05, 0) is 18.2 Å². The van der Waals surface area contributed by atoms with E-state index in [1.807, 2.05) is 55.4 Å². The van der Waals surface area contributed by atoms with Gasteiger partial charge in [0.2, 0.25) is 0 Å². The Morgan fingerprint density at radius 1 is 1.12 bits per heavy atom. The van der Waals surface area contributed by atoms with Gasteiger partial charge in [0.15, 0.2) is 0 Å². The maximum absolute atomic E-state index is 9.04. The molecule has 0 N–H and O–H groups in total. The van der Waals surface area contributed by atoms with E-state index in [-0.39, 0.29) is 0 Å². The van der Waals surface area contributed by atoms with Crippen LogP contribution in [0.3, 0.4) is 0 Å². The van der Waals surface area contributed by atoms with E-state index in [1.165, 1.54) is 0 Å². The van der Waals surface area contributed by atoms with Crippen LogP contribution < -0.4 is 4.90 Å². The van der Waals surface area contributed by atoms with E-state index in [2.05, 4.69) is 11.1 Å². The molecule has 0 atom stereocenters. The first-order chi connectivity index (χ1) is 8.22. The molecule has 3 heteroatoms. The summed E-state index contributed by atoms with van der Waals surface area (Å²) < 4.78 is 0. The zero-order chi connectivity index (χ0) is 12.3. The van der Waals surface area contributed by atoms with Crippen LogP contribution in [0.15, 0.2) is 42.6 Å². The third-order valence-electron chi connectivity index (χ3n) is 2.56. The molecule has 2 aromatic rings. The van der Waals surface area contributed by atoms with Crippen molar-refractivity contribution in [2.75, 3.05) is 19.0 Å². The Morgan fingerprint density at radius 3 is 2.47 bits per heavy atom. The second-order valence-corrected chi connectivity index (χ2v) is 3.96. The highest BCUT2D eigenvalue weighted by Gasteiger charge is 2.04. The zero-order valence-corrected chi connectivity index (χ0v) is 9.88. The Hall–Kier alpha value is -2.34. The molecule has 0 aliphatic rings. The molecule has 0 saturated heterocycles. The lowest BCUT2D eigenvalue weighted by molar-refractivity contribution is 1.07. The Morgan fingerprint density at radius 2 is 1.88 bits per heavy atom. The number of anilines is 1. The summed E-state index contributed by atoms with van der Waals surface area (Å²) in [4.78, 5) is 6.29. The van der Waals surface area contributed by atoms with Gasteiger partial charge >= 0.3 is 0 Å². The van der Waals surface area contributed by atoms with Crippen LogP contribution in [0.4, 0.5) is 5.82 Å². The van der Waals surface area contributed by atoms with Gasteiger partial charge in [-0.2, -0.15) is 5.26 Å². The van der Waals surface area contributed by atoms with Crippen LogP contribution >= 0.6 is 0 Å². The van der Waals surface area contributed by atoms with Gasteiger partial charge in [0, 0.05) is 31.4 Å². The summed E-state index contributed by atoms with van der Waals surface area (Å²) in [5, 5.41) is 9.04. The number of hydrogen-bond acceptors (Lipinski definition) is 3. The molecule has 84 valence electrons. The van der Waals surface area contributed by atoms with Gasteiger partial charge in [-0.3, -0.25) is 0 Å². The number of aromatic nitrogens is 1. The molecule has 0 aliphatic heterocycles. The minimum atomic E-state index is 0.673. The van der Waals surface area contributed by atoms with Crippen molar-refractivity contribution in [2.45, 2.75) is 0 Å². The molecule has 0 aliphatic carbocycles. The molecule has 3 nitrogen and oxygen atoms in total. The third-order valence-corrected chi connectivity index (χ3v) is 2.56. The van der Waals surface area contributed by atoms with Gasteiger partial charge in [0.1, 0.15) is 5.82 Å². The lowest BCUT2D eigenvalue weighted by atomic mass is 10.0. The molecule has 17 heavy (non-hydrogen) atoms. The zero-order valence-electron chi connectivity index (χ0n) is 9.88. The van der Waals surface area contributed by atoms with Crippen LogP contribution in [0.5, 0.6) is 0 Å². The summed E-state index contributed by atoms with van der Waals surface area (Å²) in [6.45, 7) is 0. The maximum Gasteiger partial charge on any atom is 0.127 e. The Balaban J connectivity index is 2.44. The van der Waals surface area contributed by atoms with Gasteiger partial charge in [0.25, 0.3) is 0 Å². The molecule has 0 spiro atoms. The summed E-state index contributed by atoms with van der Waals surface area (Å²) in [6.07, 6.45) is 1.80. The van der Waals surface area contributed by atoms with Crippen LogP contribution in [0, 0.1) is 11.3 Å². The van der Waals surface area contributed by atoms with Gasteiger partial charge in [-0.25, -0.2) is 4.98 Å². The number of nitriles is 1. The van der Waals surface area contributed by atoms with E-state index in [0.717, 1.165) is 16.9 Å². The SMILES string of the molecule is CN(C)c1ccc(-c2ccccc2C#N)cn1. The summed E-state index contributed by atoms with van der Waals surface area (Å²) in [6, 6.07) is 13.7. The van der Waals surface area contributed by atoms with E-state index in [4.69, 9.17) is 5.26 Å². The van der Waals surface area contributed by atoms with Crippen LogP contribution in [0.25, 0.3) is 11.1 Å². The van der Waals surface area contributed by atoms with E-state index >= 15 is 0 Å². The minimum absolute atomic E-state index is 0.673. The number of hydrogen-bond donors (Lipinski definition) is 0. The fourth-order valence-electron chi connectivity index (χ4n) is 1.64. The molecule has 0 radical (unpaired) electrons. The van der Waals surface area contributed by atoms with Crippen molar-refractivity contribution >= 4 is 5.82 Å². The van der Waals surface area contributed by atoms with Gasteiger partial charge in [-0.1, -0.05) is 18.2 Å². The van der Waals surface area contributed by atoms with E-state index in [9.17, 15) is 0 Å². The van der Waals surface area contributed by atoms with Crippen molar-refractivity contribution in [3.05, 3.63) is 48.2 Å². The van der Waals surface area contributed by atoms with Gasteiger partial charge in [0.05, 0.1) is 11.6 Å². The first-order valence-corrected chi connectivity index (χ1v) is 5.35. The van der Waals surface area contributed by atoms with E-state index in [1.54, 1.807) is 6.20 Å². The van der Waals surface area contributed by atoms with Crippen molar-refractivity contribution in [1.82, 2.24) is 4.98 Å². The summed E-state index contributed by atoms with van der Waals surface area (Å²) in [5.41, 5.74) is 2.56. The van der Waals surface area contributed by atoms with Gasteiger partial charge < -0.3 is 4.90 Å². The summed E-state index contributed by atoms with van der Waals surface area (Å²) in [7, 11) is 3.90. The molecule has 0 saturated carbocycles. The minimum Gasteiger partial charge on any atom is -0.363 e. The predicted molar refractivity (Wildman–Crippen MR) is 68.7 cm³/mol. The Bertz CT molecular complexity index is 550. The number of pyridine rings is 1. The van der Waals surface area contributed by atoms with Crippen LogP contribution in [0.1, 0.15) is 5.56 Å². The third kappa shape index (κ3) is 2.26. The van der Waals surface area contributed by atoms with E-state index in [0.29, 0.717) is 5.56 Å². The highest BCUT2D eigenvalue weighted by atomic mass is 15.1. The highest BCUT2D eigenvalue weighted by molar-refractivity contribution is 5.70. The molecule has 1 aromatic heterocycles. The standard InChI is InChI=1S/C14H13N3/c1-17(2)14-8-7-12(10-16-14)13-6-4-3-5-11(13)9-15/h3-8,10H,1-2H3. The lowest BCUT2D eigenvalue weighted by Gasteiger charge is -2.11. The quantitative estimate of drug-likeness (QED) is 0.785. The van der Waals surface area contributed by atoms with Crippen LogP contribution in [0.2, 0.25) is 0 Å². The average molecular weight is 223 g/mol. The Labute approximate surface area is 101 Å². The molecular formula is C14H13N3. The normalized spacial score (nSPS) is 9.71. The smallest absolute Gasteiger partial charge is 0.127 e. The first-order valence-electron chi connectivity index (χ1n) is 5.35. The largest absolute Gasteiger partial charge is 0.363 e. The van der Waals surface area contributed by atoms with E-state index < -0.39 is 0 Å². The monoisotopic (exact) mass is 223 g/mol. The fraction of sp³-hybridized carbons (Fsp3) is 0.143. The molecule has 0 fully saturated rings. The average Bonchev–Trinajstić information content (AvgIpc) is 2.39. The molecule has 0 amide bonds. The molecule has 1 aromatic carbocycles. The van der Waals surface area contributed by atoms with Crippen molar-refractivity contribution in [2.24, 2.45) is 0 Å². The number of rotatable bonds is 2. The number of benzene rings is 1. The second-order valence-electron chi connectivity index (χ2n) is 3.96. The predicted octanol–water partition coefficient (Wildman–Crippen LogP) is 2.69. The van der Waals surface area contributed by atoms with Crippen molar-refractivity contribution in [3.63, 3.8) is 0 Å². The highest BCUT2D eigenvalue weighted by Crippen LogP contribution is 2.23. The van der Waals surface area contributed by atoms with Crippen LogP contribution in [-0.2, 0) is 0 Å². The van der Waals surface area contributed by atoms with Crippen molar-refractivity contribution in [1.29, 1.82) is 5.26 Å². The van der Waals surface area contributed by atoms with Crippen molar-refractivity contribution in [3.8, 4) is 17.2 Å². The van der Waals surface area contributed by atoms with Gasteiger partial charge in [-0.15, -0.1) is 0 Å². The molecule has 0 bridgehead atoms. The molecule has 0 unspecified atom stereocenters. The first kappa shape index (κ1) is 11.2. The fourth-order valence-corrected chi connectivity index (χ4v) is 1.64. The molecular weight excluding hydrogens is 210 g/mol. The lowest BCUT2D eigenvalue weighted by Crippen LogP contribution is -2.10. The summed E-state index contributed by atoms with van der Waals surface area (Å²) in [5.74, 6) is 0.906. The second kappa shape index (κ2) is 4.67. The summed E-state index contributed by atoms with van der Waals surface area (Å²) >= 11 is 0. The molecule has 2 rings (SSSR count). The van der Waals surface area contributed by atoms with Crippen molar-refractivity contribution < 1.29 is 0 Å². The number of nitrogens with zero attached hydrogens (tertiary/aromatic N) is 3. The van der Waals surface area contributed by atoms with Crippen LogP contribution in [-0.4, -0.2) is 19.1 Å². The Kier molecular flexibility index (Phi) is 3.06. The topological polar surface area (TPSA) is 39.9 Å². The maximum atomic E-state index is 9.04. The molecule has 1 heterocycles.